The Morgan fingerprint density at radius 3 is 2.08 bits per heavy atom. The Balaban J connectivity index is 0.000000542. The second-order valence-electron chi connectivity index (χ2n) is 12.7. The third-order valence-electron chi connectivity index (χ3n) is 11.3. The van der Waals surface area contributed by atoms with Crippen molar-refractivity contribution < 1.29 is 46.5 Å². The summed E-state index contributed by atoms with van der Waals surface area (Å²) < 4.78 is 0. The van der Waals surface area contributed by atoms with Gasteiger partial charge in [0.05, 0.1) is 0 Å². The summed E-state index contributed by atoms with van der Waals surface area (Å²) in [6, 6.07) is 19.2. The van der Waals surface area contributed by atoms with Crippen molar-refractivity contribution in [2.75, 3.05) is 0 Å². The number of halogens is 2. The minimum atomic E-state index is 0. The summed E-state index contributed by atoms with van der Waals surface area (Å²) in [5.74, 6) is 2.24. The van der Waals surface area contributed by atoms with Gasteiger partial charge in [0.15, 0.2) is 0 Å². The molecular formula is C34H42Cl2Ti. The maximum absolute atomic E-state index is 2.62. The summed E-state index contributed by atoms with van der Waals surface area (Å²) in [5.41, 5.74) is 10.3. The molecule has 0 aliphatic heterocycles. The monoisotopic (exact) mass is 568 g/mol. The van der Waals surface area contributed by atoms with Gasteiger partial charge in [0, 0.05) is 0 Å². The largest absolute Gasteiger partial charge is 4.00 e. The second kappa shape index (κ2) is 10.8. The molecular weight excluding hydrogens is 527 g/mol. The van der Waals surface area contributed by atoms with Crippen molar-refractivity contribution in [3.05, 3.63) is 101 Å². The minimum absolute atomic E-state index is 0. The van der Waals surface area contributed by atoms with E-state index in [9.17, 15) is 0 Å². The number of hydrogen-bond acceptors (Lipinski definition) is 0. The van der Waals surface area contributed by atoms with Gasteiger partial charge < -0.3 is 24.8 Å². The Morgan fingerprint density at radius 2 is 1.49 bits per heavy atom. The fourth-order valence-corrected chi connectivity index (χ4v) is 7.89. The van der Waals surface area contributed by atoms with Crippen LogP contribution in [0, 0.1) is 33.5 Å². The van der Waals surface area contributed by atoms with Gasteiger partial charge >= 0.3 is 21.7 Å². The summed E-state index contributed by atoms with van der Waals surface area (Å²) in [4.78, 5) is 0. The SMILES string of the molecule is C[C-]1C2=C3Cc4ccccc4C3=C3C=CCCC3C2(C)C(C)(C)C(C)(C)C1(C)C.[Cl-].[Cl-].[Ti+4].c1cc[cH-]c1. The maximum atomic E-state index is 2.62. The van der Waals surface area contributed by atoms with Crippen LogP contribution in [-0.2, 0) is 28.1 Å². The van der Waals surface area contributed by atoms with Crippen LogP contribution in [0.4, 0.5) is 0 Å². The summed E-state index contributed by atoms with van der Waals surface area (Å²) >= 11 is 0. The van der Waals surface area contributed by atoms with Gasteiger partial charge in [-0.2, -0.15) is 29.3 Å². The van der Waals surface area contributed by atoms with E-state index in [4.69, 9.17) is 0 Å². The normalized spacial score (nSPS) is 27.1. The summed E-state index contributed by atoms with van der Waals surface area (Å²) in [6.45, 7) is 20.3. The standard InChI is InChI=1S/C29H37.C5H5.2ClH.Ti/c1-18-25-22-17-19-13-9-10-14-20(19)24(22)21-15-11-12-16-23(21)29(25,8)28(6,7)27(4,5)26(18,2)3;1-2-4-5-3-1;;;/h9-11,13-15,23H,12,16-17H2,1-8H3;1-5H;2*1H;/q2*-1;;;+4/p-2. The Morgan fingerprint density at radius 1 is 0.865 bits per heavy atom. The van der Waals surface area contributed by atoms with Crippen molar-refractivity contribution in [1.29, 1.82) is 0 Å². The van der Waals surface area contributed by atoms with Crippen LogP contribution in [0.15, 0.2) is 83.5 Å². The molecule has 0 bridgehead atoms. The van der Waals surface area contributed by atoms with E-state index in [-0.39, 0.29) is 68.2 Å². The van der Waals surface area contributed by atoms with Crippen molar-refractivity contribution in [1.82, 2.24) is 0 Å². The topological polar surface area (TPSA) is 0 Å². The Bertz CT molecular complexity index is 1170. The maximum Gasteiger partial charge on any atom is 4.00 e. The van der Waals surface area contributed by atoms with Crippen LogP contribution in [0.25, 0.3) is 5.57 Å². The van der Waals surface area contributed by atoms with Gasteiger partial charge in [-0.1, -0.05) is 113 Å². The summed E-state index contributed by atoms with van der Waals surface area (Å²) in [6.07, 6.45) is 8.50. The second-order valence-corrected chi connectivity index (χ2v) is 12.7. The Kier molecular flexibility index (Phi) is 9.43. The average molecular weight is 569 g/mol. The zero-order chi connectivity index (χ0) is 24.5. The van der Waals surface area contributed by atoms with E-state index >= 15 is 0 Å². The fourth-order valence-electron chi connectivity index (χ4n) is 7.89. The molecule has 0 aromatic heterocycles. The zero-order valence-corrected chi connectivity index (χ0v) is 26.9. The van der Waals surface area contributed by atoms with Crippen LogP contribution < -0.4 is 24.8 Å². The minimum Gasteiger partial charge on any atom is -1.00 e. The number of rotatable bonds is 0. The predicted octanol–water partition coefficient (Wildman–Crippen LogP) is 3.38. The van der Waals surface area contributed by atoms with Crippen molar-refractivity contribution >= 4 is 5.57 Å². The van der Waals surface area contributed by atoms with E-state index in [1.165, 1.54) is 24.0 Å². The van der Waals surface area contributed by atoms with Gasteiger partial charge in [0.2, 0.25) is 0 Å². The average Bonchev–Trinajstić information content (AvgIpc) is 3.50. The van der Waals surface area contributed by atoms with Gasteiger partial charge in [0.1, 0.15) is 0 Å². The number of fused-ring (bicyclic) bond motifs is 6. The predicted molar refractivity (Wildman–Crippen MR) is 146 cm³/mol. The molecule has 2 unspecified atom stereocenters. The molecule has 2 aromatic rings. The Hall–Kier alpha value is -1.05. The van der Waals surface area contributed by atoms with Gasteiger partial charge in [-0.25, -0.2) is 18.1 Å². The van der Waals surface area contributed by atoms with Crippen LogP contribution in [-0.4, -0.2) is 0 Å². The number of hydrogen-bond donors (Lipinski definition) is 0. The molecule has 6 rings (SSSR count). The van der Waals surface area contributed by atoms with Crippen LogP contribution in [0.5, 0.6) is 0 Å². The molecule has 0 saturated heterocycles. The molecule has 0 heterocycles. The molecule has 0 N–H and O–H groups in total. The van der Waals surface area contributed by atoms with E-state index in [0.717, 1.165) is 6.42 Å². The van der Waals surface area contributed by atoms with Gasteiger partial charge in [-0.05, 0) is 40.6 Å². The van der Waals surface area contributed by atoms with E-state index in [2.05, 4.69) is 91.8 Å². The summed E-state index contributed by atoms with van der Waals surface area (Å²) in [5, 5.41) is 0. The molecule has 37 heavy (non-hydrogen) atoms. The fraction of sp³-hybridized carbons (Fsp3) is 0.471. The van der Waals surface area contributed by atoms with Crippen molar-refractivity contribution in [3.63, 3.8) is 0 Å². The van der Waals surface area contributed by atoms with Crippen molar-refractivity contribution in [2.24, 2.45) is 27.6 Å². The number of allylic oxidation sites excluding steroid dienone is 6. The van der Waals surface area contributed by atoms with Crippen molar-refractivity contribution in [2.45, 2.75) is 74.7 Å². The third-order valence-corrected chi connectivity index (χ3v) is 11.3. The first-order chi connectivity index (χ1) is 16.0. The van der Waals surface area contributed by atoms with Crippen LogP contribution in [0.2, 0.25) is 0 Å². The molecule has 4 aliphatic carbocycles. The first-order valence-corrected chi connectivity index (χ1v) is 13.2. The Labute approximate surface area is 253 Å². The van der Waals surface area contributed by atoms with Crippen LogP contribution in [0.1, 0.15) is 79.4 Å². The molecule has 0 nitrogen and oxygen atoms in total. The molecule has 1 fully saturated rings. The first-order valence-electron chi connectivity index (χ1n) is 13.2. The molecule has 2 aromatic carbocycles. The molecule has 196 valence electrons. The van der Waals surface area contributed by atoms with Gasteiger partial charge in [0.25, 0.3) is 0 Å². The third kappa shape index (κ3) is 4.21. The molecule has 1 saturated carbocycles. The van der Waals surface area contributed by atoms with Crippen LogP contribution >= 0.6 is 0 Å². The first kappa shape index (κ1) is 32.2. The number of benzene rings is 1. The van der Waals surface area contributed by atoms with E-state index in [0.29, 0.717) is 5.92 Å². The van der Waals surface area contributed by atoms with E-state index < -0.39 is 0 Å². The molecule has 0 radical (unpaired) electrons. The van der Waals surface area contributed by atoms with Crippen molar-refractivity contribution in [3.8, 4) is 0 Å². The van der Waals surface area contributed by atoms with E-state index in [1.807, 2.05) is 30.3 Å². The van der Waals surface area contributed by atoms with E-state index in [1.54, 1.807) is 28.2 Å². The van der Waals surface area contributed by atoms with Gasteiger partial charge in [-0.15, -0.1) is 6.92 Å². The zero-order valence-electron chi connectivity index (χ0n) is 23.8. The smallest absolute Gasteiger partial charge is 1.00 e. The molecule has 3 heteroatoms. The van der Waals surface area contributed by atoms with Gasteiger partial charge in [-0.3, -0.25) is 0 Å². The quantitative estimate of drug-likeness (QED) is 0.338. The summed E-state index contributed by atoms with van der Waals surface area (Å²) in [7, 11) is 0. The van der Waals surface area contributed by atoms with Crippen LogP contribution in [0.3, 0.4) is 0 Å². The molecule has 4 aliphatic rings. The molecule has 0 spiro atoms. The molecule has 2 atom stereocenters. The molecule has 0 amide bonds.